The summed E-state index contributed by atoms with van der Waals surface area (Å²) < 4.78 is 26.7. The van der Waals surface area contributed by atoms with Crippen LogP contribution in [0.5, 0.6) is 0 Å². The highest BCUT2D eigenvalue weighted by Crippen LogP contribution is 2.24. The van der Waals surface area contributed by atoms with Gasteiger partial charge in [0.05, 0.1) is 12.1 Å². The summed E-state index contributed by atoms with van der Waals surface area (Å²) in [6.45, 7) is 6.97. The molecule has 1 saturated heterocycles. The van der Waals surface area contributed by atoms with Gasteiger partial charge in [0.15, 0.2) is 0 Å². The Kier molecular flexibility index (Phi) is 4.69. The lowest BCUT2D eigenvalue weighted by atomic mass is 10.0. The van der Waals surface area contributed by atoms with E-state index >= 15 is 0 Å². The third-order valence-electron chi connectivity index (χ3n) is 4.04. The van der Waals surface area contributed by atoms with Crippen LogP contribution >= 0.6 is 0 Å². The zero-order chi connectivity index (χ0) is 14.7. The van der Waals surface area contributed by atoms with Gasteiger partial charge in [-0.15, -0.1) is 0 Å². The molecule has 20 heavy (non-hydrogen) atoms. The van der Waals surface area contributed by atoms with Crippen molar-refractivity contribution in [1.29, 1.82) is 5.26 Å². The van der Waals surface area contributed by atoms with E-state index < -0.39 is 11.6 Å². The van der Waals surface area contributed by atoms with Crippen LogP contribution < -0.4 is 0 Å². The Morgan fingerprint density at radius 1 is 1.10 bits per heavy atom. The molecule has 5 heteroatoms. The molecule has 2 atom stereocenters. The van der Waals surface area contributed by atoms with Gasteiger partial charge in [-0.3, -0.25) is 9.80 Å². The molecule has 0 unspecified atom stereocenters. The maximum absolute atomic E-state index is 13.8. The van der Waals surface area contributed by atoms with Gasteiger partial charge in [-0.2, -0.15) is 5.26 Å². The number of nitriles is 1. The number of rotatable bonds is 3. The lowest BCUT2D eigenvalue weighted by molar-refractivity contribution is 0.0906. The first-order chi connectivity index (χ1) is 9.52. The second-order valence-electron chi connectivity index (χ2n) is 5.22. The molecule has 1 aliphatic rings. The van der Waals surface area contributed by atoms with Crippen molar-refractivity contribution in [2.45, 2.75) is 25.9 Å². The second kappa shape index (κ2) is 6.29. The highest BCUT2D eigenvalue weighted by Gasteiger charge is 2.25. The zero-order valence-electron chi connectivity index (χ0n) is 11.8. The van der Waals surface area contributed by atoms with Gasteiger partial charge in [-0.25, -0.2) is 8.78 Å². The number of piperazine rings is 1. The third-order valence-corrected chi connectivity index (χ3v) is 4.04. The van der Waals surface area contributed by atoms with Gasteiger partial charge in [0.2, 0.25) is 0 Å². The largest absolute Gasteiger partial charge is 0.294 e. The fraction of sp³-hybridized carbons (Fsp3) is 0.533. The third kappa shape index (κ3) is 3.14. The van der Waals surface area contributed by atoms with Crippen LogP contribution in [0.4, 0.5) is 8.78 Å². The molecule has 108 valence electrons. The van der Waals surface area contributed by atoms with Gasteiger partial charge in [-0.1, -0.05) is 6.07 Å². The first-order valence-electron chi connectivity index (χ1n) is 6.85. The Morgan fingerprint density at radius 2 is 1.70 bits per heavy atom. The maximum atomic E-state index is 13.8. The van der Waals surface area contributed by atoms with E-state index in [0.717, 1.165) is 32.2 Å². The quantitative estimate of drug-likeness (QED) is 0.852. The van der Waals surface area contributed by atoms with Gasteiger partial charge in [0, 0.05) is 43.9 Å². The first kappa shape index (κ1) is 14.9. The molecule has 1 heterocycles. The van der Waals surface area contributed by atoms with E-state index in [1.54, 1.807) is 0 Å². The highest BCUT2D eigenvalue weighted by molar-refractivity contribution is 5.22. The van der Waals surface area contributed by atoms with Crippen molar-refractivity contribution in [2.75, 3.05) is 26.2 Å². The Hall–Kier alpha value is -1.51. The normalized spacial score (nSPS) is 20.4. The van der Waals surface area contributed by atoms with Crippen LogP contribution in [0, 0.1) is 23.0 Å². The number of hydrogen-bond acceptors (Lipinski definition) is 3. The van der Waals surface area contributed by atoms with Crippen LogP contribution in [-0.2, 0) is 0 Å². The SMILES string of the molecule is C[C@H](C#N)N1CCN([C@@H](C)c2ccc(F)cc2F)CC1. The van der Waals surface area contributed by atoms with Crippen molar-refractivity contribution in [3.8, 4) is 6.07 Å². The van der Waals surface area contributed by atoms with Crippen molar-refractivity contribution < 1.29 is 8.78 Å². The van der Waals surface area contributed by atoms with Crippen LogP contribution in [0.15, 0.2) is 18.2 Å². The Morgan fingerprint density at radius 3 is 2.25 bits per heavy atom. The summed E-state index contributed by atoms with van der Waals surface area (Å²) in [4.78, 5) is 4.28. The fourth-order valence-corrected chi connectivity index (χ4v) is 2.63. The molecular formula is C15H19F2N3. The van der Waals surface area contributed by atoms with E-state index in [0.29, 0.717) is 5.56 Å². The Bertz CT molecular complexity index is 504. The van der Waals surface area contributed by atoms with Gasteiger partial charge < -0.3 is 0 Å². The average molecular weight is 279 g/mol. The van der Waals surface area contributed by atoms with Crippen molar-refractivity contribution >= 4 is 0 Å². The van der Waals surface area contributed by atoms with Crippen molar-refractivity contribution in [3.63, 3.8) is 0 Å². The first-order valence-corrected chi connectivity index (χ1v) is 6.85. The summed E-state index contributed by atoms with van der Waals surface area (Å²) in [5.41, 5.74) is 0.521. The van der Waals surface area contributed by atoms with Gasteiger partial charge in [-0.05, 0) is 19.9 Å². The minimum absolute atomic E-state index is 0.0878. The van der Waals surface area contributed by atoms with E-state index in [9.17, 15) is 8.78 Å². The average Bonchev–Trinajstić information content (AvgIpc) is 2.46. The molecule has 0 bridgehead atoms. The number of nitrogens with zero attached hydrogens (tertiary/aromatic N) is 3. The van der Waals surface area contributed by atoms with Crippen LogP contribution in [0.1, 0.15) is 25.5 Å². The lowest BCUT2D eigenvalue weighted by Crippen LogP contribution is -2.49. The Labute approximate surface area is 118 Å². The second-order valence-corrected chi connectivity index (χ2v) is 5.22. The summed E-state index contributed by atoms with van der Waals surface area (Å²) >= 11 is 0. The molecular weight excluding hydrogens is 260 g/mol. The summed E-state index contributed by atoms with van der Waals surface area (Å²) in [7, 11) is 0. The number of benzene rings is 1. The van der Waals surface area contributed by atoms with Crippen LogP contribution in [0.25, 0.3) is 0 Å². The topological polar surface area (TPSA) is 30.3 Å². The molecule has 0 amide bonds. The predicted molar refractivity (Wildman–Crippen MR) is 73.0 cm³/mol. The molecule has 0 radical (unpaired) electrons. The molecule has 1 aromatic carbocycles. The molecule has 3 nitrogen and oxygen atoms in total. The van der Waals surface area contributed by atoms with Gasteiger partial charge in [0.1, 0.15) is 11.6 Å². The van der Waals surface area contributed by atoms with Crippen molar-refractivity contribution in [1.82, 2.24) is 9.80 Å². The van der Waals surface area contributed by atoms with E-state index in [4.69, 9.17) is 5.26 Å². The lowest BCUT2D eigenvalue weighted by Gasteiger charge is -2.39. The monoisotopic (exact) mass is 279 g/mol. The van der Waals surface area contributed by atoms with Crippen molar-refractivity contribution in [3.05, 3.63) is 35.4 Å². The van der Waals surface area contributed by atoms with Gasteiger partial charge >= 0.3 is 0 Å². The Balaban J connectivity index is 2.01. The molecule has 0 N–H and O–H groups in total. The highest BCUT2D eigenvalue weighted by atomic mass is 19.1. The summed E-state index contributed by atoms with van der Waals surface area (Å²) in [6.07, 6.45) is 0. The molecule has 0 saturated carbocycles. The molecule has 0 aromatic heterocycles. The van der Waals surface area contributed by atoms with E-state index in [2.05, 4.69) is 15.9 Å². The van der Waals surface area contributed by atoms with Crippen molar-refractivity contribution in [2.24, 2.45) is 0 Å². The minimum atomic E-state index is -0.550. The molecule has 0 spiro atoms. The maximum Gasteiger partial charge on any atom is 0.130 e. The molecule has 2 rings (SSSR count). The van der Waals surface area contributed by atoms with E-state index in [-0.39, 0.29) is 12.1 Å². The zero-order valence-corrected chi connectivity index (χ0v) is 11.8. The molecule has 1 aliphatic heterocycles. The molecule has 1 aromatic rings. The van der Waals surface area contributed by atoms with Crippen LogP contribution in [0.3, 0.4) is 0 Å². The minimum Gasteiger partial charge on any atom is -0.294 e. The standard InChI is InChI=1S/C15H19F2N3/c1-11(10-18)19-5-7-20(8-6-19)12(2)14-4-3-13(16)9-15(14)17/h3-4,9,11-12H,5-8H2,1-2H3/t11-,12+/m1/s1. The molecule has 1 fully saturated rings. The van der Waals surface area contributed by atoms with E-state index in [1.807, 2.05) is 13.8 Å². The fourth-order valence-electron chi connectivity index (χ4n) is 2.63. The van der Waals surface area contributed by atoms with Crippen LogP contribution in [0.2, 0.25) is 0 Å². The van der Waals surface area contributed by atoms with Gasteiger partial charge in [0.25, 0.3) is 0 Å². The summed E-state index contributed by atoms with van der Waals surface area (Å²) in [5.74, 6) is -1.04. The smallest absolute Gasteiger partial charge is 0.130 e. The number of hydrogen-bond donors (Lipinski definition) is 0. The summed E-state index contributed by atoms with van der Waals surface area (Å²) in [5, 5.41) is 8.91. The molecule has 0 aliphatic carbocycles. The predicted octanol–water partition coefficient (Wildman–Crippen LogP) is 2.56. The summed E-state index contributed by atoms with van der Waals surface area (Å²) in [6, 6.07) is 5.79. The number of halogens is 2. The van der Waals surface area contributed by atoms with E-state index in [1.165, 1.54) is 12.1 Å². The van der Waals surface area contributed by atoms with Crippen LogP contribution in [-0.4, -0.2) is 42.0 Å².